The molecule has 0 saturated carbocycles. The van der Waals surface area contributed by atoms with Crippen LogP contribution in [0.15, 0.2) is 35.7 Å². The minimum Gasteiger partial charge on any atom is -0.395 e. The van der Waals surface area contributed by atoms with Gasteiger partial charge in [-0.1, -0.05) is 12.1 Å². The SMILES string of the molecule is C=CCN(CCO)S(=O)(=O)c1cc([N+](=O)[O-])ccc1C. The Morgan fingerprint density at radius 3 is 2.65 bits per heavy atom. The van der Waals surface area contributed by atoms with E-state index in [2.05, 4.69) is 6.58 Å². The monoisotopic (exact) mass is 300 g/mol. The van der Waals surface area contributed by atoms with Crippen LogP contribution >= 0.6 is 0 Å². The number of nitro groups is 1. The molecule has 110 valence electrons. The number of hydrogen-bond acceptors (Lipinski definition) is 5. The number of benzene rings is 1. The summed E-state index contributed by atoms with van der Waals surface area (Å²) in [6.07, 6.45) is 1.39. The van der Waals surface area contributed by atoms with Gasteiger partial charge in [-0.2, -0.15) is 4.31 Å². The summed E-state index contributed by atoms with van der Waals surface area (Å²) in [6, 6.07) is 3.66. The fraction of sp³-hybridized carbons (Fsp3) is 0.333. The van der Waals surface area contributed by atoms with Gasteiger partial charge in [0.1, 0.15) is 0 Å². The fourth-order valence-corrected chi connectivity index (χ4v) is 3.33. The Balaban J connectivity index is 3.35. The highest BCUT2D eigenvalue weighted by Gasteiger charge is 2.26. The van der Waals surface area contributed by atoms with E-state index >= 15 is 0 Å². The first kappa shape index (κ1) is 16.3. The number of aliphatic hydroxyl groups is 1. The molecule has 0 aromatic heterocycles. The minimum atomic E-state index is -3.91. The van der Waals surface area contributed by atoms with Gasteiger partial charge >= 0.3 is 0 Å². The van der Waals surface area contributed by atoms with Crippen molar-refractivity contribution in [3.63, 3.8) is 0 Å². The second-order valence-corrected chi connectivity index (χ2v) is 5.99. The molecule has 0 radical (unpaired) electrons. The van der Waals surface area contributed by atoms with Crippen molar-refractivity contribution in [1.82, 2.24) is 4.31 Å². The first-order chi connectivity index (χ1) is 9.34. The zero-order valence-electron chi connectivity index (χ0n) is 11.0. The molecule has 1 aromatic rings. The summed E-state index contributed by atoms with van der Waals surface area (Å²) in [7, 11) is -3.91. The summed E-state index contributed by atoms with van der Waals surface area (Å²) in [5.41, 5.74) is 0.110. The topological polar surface area (TPSA) is 101 Å². The maximum absolute atomic E-state index is 12.5. The van der Waals surface area contributed by atoms with Gasteiger partial charge < -0.3 is 5.11 Å². The number of nitro benzene ring substituents is 1. The van der Waals surface area contributed by atoms with Crippen molar-refractivity contribution in [3.05, 3.63) is 46.5 Å². The van der Waals surface area contributed by atoms with Crippen LogP contribution in [0.1, 0.15) is 5.56 Å². The van der Waals surface area contributed by atoms with Crippen molar-refractivity contribution in [2.24, 2.45) is 0 Å². The van der Waals surface area contributed by atoms with Crippen LogP contribution in [0.3, 0.4) is 0 Å². The Bertz CT molecular complexity index is 612. The maximum atomic E-state index is 12.5. The van der Waals surface area contributed by atoms with Gasteiger partial charge in [0.15, 0.2) is 0 Å². The molecule has 8 heteroatoms. The molecule has 0 bridgehead atoms. The molecule has 0 amide bonds. The summed E-state index contributed by atoms with van der Waals surface area (Å²) < 4.78 is 25.9. The summed E-state index contributed by atoms with van der Waals surface area (Å²) in [6.45, 7) is 4.59. The third-order valence-electron chi connectivity index (χ3n) is 2.68. The zero-order valence-corrected chi connectivity index (χ0v) is 11.8. The molecule has 1 N–H and O–H groups in total. The molecule has 0 aliphatic heterocycles. The van der Waals surface area contributed by atoms with Crippen LogP contribution in [0.25, 0.3) is 0 Å². The average Bonchev–Trinajstić information content (AvgIpc) is 2.38. The third-order valence-corrected chi connectivity index (χ3v) is 4.69. The van der Waals surface area contributed by atoms with E-state index in [0.717, 1.165) is 10.4 Å². The van der Waals surface area contributed by atoms with E-state index in [1.807, 2.05) is 0 Å². The Kier molecular flexibility index (Phi) is 5.37. The first-order valence-corrected chi connectivity index (χ1v) is 7.25. The lowest BCUT2D eigenvalue weighted by molar-refractivity contribution is -0.385. The summed E-state index contributed by atoms with van der Waals surface area (Å²) >= 11 is 0. The van der Waals surface area contributed by atoms with Gasteiger partial charge in [0.25, 0.3) is 5.69 Å². The number of hydrogen-bond donors (Lipinski definition) is 1. The van der Waals surface area contributed by atoms with Gasteiger partial charge in [-0.3, -0.25) is 10.1 Å². The maximum Gasteiger partial charge on any atom is 0.270 e. The van der Waals surface area contributed by atoms with Crippen LogP contribution in [0.2, 0.25) is 0 Å². The van der Waals surface area contributed by atoms with Gasteiger partial charge in [0.2, 0.25) is 10.0 Å². The minimum absolute atomic E-state index is 0.0189. The Morgan fingerprint density at radius 2 is 2.15 bits per heavy atom. The second kappa shape index (κ2) is 6.60. The fourth-order valence-electron chi connectivity index (χ4n) is 1.68. The second-order valence-electron chi connectivity index (χ2n) is 4.08. The van der Waals surface area contributed by atoms with Gasteiger partial charge in [-0.05, 0) is 12.5 Å². The molecule has 0 unspecified atom stereocenters. The van der Waals surface area contributed by atoms with E-state index in [0.29, 0.717) is 5.56 Å². The molecule has 0 fully saturated rings. The van der Waals surface area contributed by atoms with Crippen LogP contribution in [0, 0.1) is 17.0 Å². The summed E-state index contributed by atoms with van der Waals surface area (Å²) in [4.78, 5) is 9.97. The van der Waals surface area contributed by atoms with Gasteiger partial charge in [0, 0.05) is 25.2 Å². The molecule has 0 saturated heterocycles. The Hall–Kier alpha value is -1.77. The number of rotatable bonds is 7. The van der Waals surface area contributed by atoms with E-state index in [4.69, 9.17) is 5.11 Å². The molecule has 7 nitrogen and oxygen atoms in total. The van der Waals surface area contributed by atoms with Crippen molar-refractivity contribution in [2.75, 3.05) is 19.7 Å². The van der Waals surface area contributed by atoms with Crippen LogP contribution in [0.4, 0.5) is 5.69 Å². The van der Waals surface area contributed by atoms with Crippen molar-refractivity contribution in [3.8, 4) is 0 Å². The van der Waals surface area contributed by atoms with Gasteiger partial charge in [-0.15, -0.1) is 6.58 Å². The lowest BCUT2D eigenvalue weighted by Gasteiger charge is -2.20. The largest absolute Gasteiger partial charge is 0.395 e. The predicted molar refractivity (Wildman–Crippen MR) is 73.9 cm³/mol. The predicted octanol–water partition coefficient (Wildman–Crippen LogP) is 1.07. The normalized spacial score (nSPS) is 11.6. The zero-order chi connectivity index (χ0) is 15.3. The van der Waals surface area contributed by atoms with Crippen LogP contribution < -0.4 is 0 Å². The summed E-state index contributed by atoms with van der Waals surface area (Å²) in [5.74, 6) is 0. The number of aliphatic hydroxyl groups excluding tert-OH is 1. The highest BCUT2D eigenvalue weighted by atomic mass is 32.2. The number of aryl methyl sites for hydroxylation is 1. The third kappa shape index (κ3) is 3.41. The average molecular weight is 300 g/mol. The van der Waals surface area contributed by atoms with E-state index < -0.39 is 14.9 Å². The molecule has 20 heavy (non-hydrogen) atoms. The highest BCUT2D eigenvalue weighted by molar-refractivity contribution is 7.89. The van der Waals surface area contributed by atoms with Crippen LogP contribution in [-0.2, 0) is 10.0 Å². The van der Waals surface area contributed by atoms with Crippen molar-refractivity contribution < 1.29 is 18.4 Å². The lowest BCUT2D eigenvalue weighted by atomic mass is 10.2. The van der Waals surface area contributed by atoms with E-state index in [9.17, 15) is 18.5 Å². The van der Waals surface area contributed by atoms with Gasteiger partial charge in [-0.25, -0.2) is 8.42 Å². The molecule has 0 atom stereocenters. The highest BCUT2D eigenvalue weighted by Crippen LogP contribution is 2.24. The lowest BCUT2D eigenvalue weighted by Crippen LogP contribution is -2.34. The molecule has 0 aliphatic carbocycles. The van der Waals surface area contributed by atoms with E-state index in [1.165, 1.54) is 18.2 Å². The summed E-state index contributed by atoms with van der Waals surface area (Å²) in [5, 5.41) is 19.7. The van der Waals surface area contributed by atoms with Crippen molar-refractivity contribution >= 4 is 15.7 Å². The Labute approximate surface area is 117 Å². The van der Waals surface area contributed by atoms with Crippen molar-refractivity contribution in [1.29, 1.82) is 0 Å². The molecule has 1 aromatic carbocycles. The molecule has 0 spiro atoms. The van der Waals surface area contributed by atoms with Crippen LogP contribution in [-0.4, -0.2) is 42.4 Å². The molecular formula is C12H16N2O5S. The molecule has 0 aliphatic rings. The molecular weight excluding hydrogens is 284 g/mol. The van der Waals surface area contributed by atoms with Crippen molar-refractivity contribution in [2.45, 2.75) is 11.8 Å². The number of nitrogens with zero attached hydrogens (tertiary/aromatic N) is 2. The smallest absolute Gasteiger partial charge is 0.270 e. The van der Waals surface area contributed by atoms with Gasteiger partial charge in [0.05, 0.1) is 16.4 Å². The van der Waals surface area contributed by atoms with E-state index in [-0.39, 0.29) is 30.3 Å². The number of non-ortho nitro benzene ring substituents is 1. The number of sulfonamides is 1. The van der Waals surface area contributed by atoms with Crippen LogP contribution in [0.5, 0.6) is 0 Å². The quantitative estimate of drug-likeness (QED) is 0.461. The molecule has 1 rings (SSSR count). The standard InChI is InChI=1S/C12H16N2O5S/c1-3-6-13(7-8-15)20(18,19)12-9-11(14(16)17)5-4-10(12)2/h3-5,9,15H,1,6-8H2,2H3. The Morgan fingerprint density at radius 1 is 1.50 bits per heavy atom. The van der Waals surface area contributed by atoms with E-state index in [1.54, 1.807) is 6.92 Å². The molecule has 0 heterocycles. The first-order valence-electron chi connectivity index (χ1n) is 5.81.